The smallest absolute Gasteiger partial charge is 0.128 e. The van der Waals surface area contributed by atoms with Gasteiger partial charge in [-0.1, -0.05) is 47.6 Å². The fourth-order valence-corrected chi connectivity index (χ4v) is 2.74. The summed E-state index contributed by atoms with van der Waals surface area (Å²) < 4.78 is 5.99. The van der Waals surface area contributed by atoms with E-state index in [1.54, 1.807) is 0 Å². The van der Waals surface area contributed by atoms with E-state index in [0.717, 1.165) is 34.9 Å². The van der Waals surface area contributed by atoms with Gasteiger partial charge in [0.1, 0.15) is 11.6 Å². The quantitative estimate of drug-likeness (QED) is 0.771. The molecule has 1 N–H and O–H groups in total. The molecular weight excluding hydrogens is 272 g/mol. The Balaban J connectivity index is 2.13. The van der Waals surface area contributed by atoms with Crippen LogP contribution >= 0.6 is 0 Å². The lowest BCUT2D eigenvalue weighted by atomic mass is 9.86. The van der Waals surface area contributed by atoms with Crippen LogP contribution in [0.5, 0.6) is 5.75 Å². The first-order valence-corrected chi connectivity index (χ1v) is 8.03. The van der Waals surface area contributed by atoms with Crippen molar-refractivity contribution in [1.82, 2.24) is 9.97 Å². The number of hydrogen-bond acceptors (Lipinski definition) is 2. The number of hydrogen-bond donors (Lipinski definition) is 1. The SMILES string of the molecule is CC(C)(C)c1ccc2c(c1)OCCc1nc(C(C)(C)C)[nH]c1-2. The second-order valence-corrected chi connectivity index (χ2v) is 8.22. The van der Waals surface area contributed by atoms with Gasteiger partial charge in [0.15, 0.2) is 0 Å². The molecular formula is C19H26N2O. The molecule has 1 aliphatic heterocycles. The summed E-state index contributed by atoms with van der Waals surface area (Å²) in [5.41, 5.74) is 4.82. The van der Waals surface area contributed by atoms with Crippen LogP contribution in [0.25, 0.3) is 11.3 Å². The molecule has 0 radical (unpaired) electrons. The Hall–Kier alpha value is -1.77. The van der Waals surface area contributed by atoms with Crippen molar-refractivity contribution in [2.45, 2.75) is 58.8 Å². The molecule has 3 heteroatoms. The average Bonchev–Trinajstić information content (AvgIpc) is 2.75. The molecule has 3 rings (SSSR count). The van der Waals surface area contributed by atoms with Gasteiger partial charge in [-0.3, -0.25) is 0 Å². The van der Waals surface area contributed by atoms with Crippen molar-refractivity contribution in [3.8, 4) is 17.0 Å². The summed E-state index contributed by atoms with van der Waals surface area (Å²) in [7, 11) is 0. The van der Waals surface area contributed by atoms with Gasteiger partial charge in [-0.15, -0.1) is 0 Å². The van der Waals surface area contributed by atoms with E-state index in [1.807, 2.05) is 0 Å². The monoisotopic (exact) mass is 298 g/mol. The van der Waals surface area contributed by atoms with E-state index in [4.69, 9.17) is 9.72 Å². The van der Waals surface area contributed by atoms with Gasteiger partial charge in [-0.25, -0.2) is 4.98 Å². The van der Waals surface area contributed by atoms with E-state index >= 15 is 0 Å². The first-order valence-electron chi connectivity index (χ1n) is 8.03. The zero-order valence-electron chi connectivity index (χ0n) is 14.5. The molecule has 1 aliphatic rings. The molecule has 0 saturated carbocycles. The molecule has 2 aromatic rings. The summed E-state index contributed by atoms with van der Waals surface area (Å²) in [6.07, 6.45) is 0.849. The Kier molecular flexibility index (Phi) is 3.35. The summed E-state index contributed by atoms with van der Waals surface area (Å²) in [4.78, 5) is 8.35. The molecule has 0 bridgehead atoms. The second kappa shape index (κ2) is 4.87. The fourth-order valence-electron chi connectivity index (χ4n) is 2.74. The van der Waals surface area contributed by atoms with Gasteiger partial charge in [-0.05, 0) is 23.1 Å². The van der Waals surface area contributed by atoms with Crippen LogP contribution in [-0.2, 0) is 17.3 Å². The topological polar surface area (TPSA) is 37.9 Å². The highest BCUT2D eigenvalue weighted by molar-refractivity contribution is 5.71. The molecule has 0 spiro atoms. The minimum absolute atomic E-state index is 0.0264. The Bertz CT molecular complexity index is 699. The van der Waals surface area contributed by atoms with Crippen molar-refractivity contribution in [2.75, 3.05) is 6.61 Å². The predicted octanol–water partition coefficient (Wildman–Crippen LogP) is 4.61. The molecule has 0 amide bonds. The third kappa shape index (κ3) is 2.65. The zero-order valence-corrected chi connectivity index (χ0v) is 14.5. The summed E-state index contributed by atoms with van der Waals surface area (Å²) in [5.74, 6) is 2.01. The maximum atomic E-state index is 5.99. The molecule has 0 fully saturated rings. The molecule has 0 atom stereocenters. The summed E-state index contributed by atoms with van der Waals surface area (Å²) in [5, 5.41) is 0. The number of fused-ring (bicyclic) bond motifs is 3. The van der Waals surface area contributed by atoms with Crippen molar-refractivity contribution in [1.29, 1.82) is 0 Å². The predicted molar refractivity (Wildman–Crippen MR) is 90.6 cm³/mol. The molecule has 0 saturated heterocycles. The van der Waals surface area contributed by atoms with E-state index in [-0.39, 0.29) is 10.8 Å². The normalized spacial score (nSPS) is 14.8. The largest absolute Gasteiger partial charge is 0.492 e. The number of nitrogens with zero attached hydrogens (tertiary/aromatic N) is 1. The van der Waals surface area contributed by atoms with Crippen LogP contribution < -0.4 is 4.74 Å². The van der Waals surface area contributed by atoms with E-state index in [2.05, 4.69) is 64.7 Å². The van der Waals surface area contributed by atoms with Gasteiger partial charge in [0.2, 0.25) is 0 Å². The van der Waals surface area contributed by atoms with Crippen LogP contribution in [-0.4, -0.2) is 16.6 Å². The van der Waals surface area contributed by atoms with E-state index in [9.17, 15) is 0 Å². The molecule has 0 unspecified atom stereocenters. The lowest BCUT2D eigenvalue weighted by molar-refractivity contribution is 0.324. The van der Waals surface area contributed by atoms with Crippen LogP contribution in [0.1, 0.15) is 58.6 Å². The summed E-state index contributed by atoms with van der Waals surface area (Å²) in [6, 6.07) is 6.56. The highest BCUT2D eigenvalue weighted by Crippen LogP contribution is 2.38. The van der Waals surface area contributed by atoms with Crippen LogP contribution in [0, 0.1) is 0 Å². The van der Waals surface area contributed by atoms with Crippen molar-refractivity contribution >= 4 is 0 Å². The molecule has 1 aromatic heterocycles. The fraction of sp³-hybridized carbons (Fsp3) is 0.526. The second-order valence-electron chi connectivity index (χ2n) is 8.22. The standard InChI is InChI=1S/C19H26N2O/c1-18(2,3)12-7-8-13-15(11-12)22-10-9-14-16(13)21-17(20-14)19(4,5)6/h7-8,11H,9-10H2,1-6H3,(H,20,21). The molecule has 2 heterocycles. The number of nitrogens with one attached hydrogen (secondary N) is 1. The maximum absolute atomic E-state index is 5.99. The number of rotatable bonds is 0. The highest BCUT2D eigenvalue weighted by atomic mass is 16.5. The summed E-state index contributed by atoms with van der Waals surface area (Å²) >= 11 is 0. The number of aromatic nitrogens is 2. The molecule has 3 nitrogen and oxygen atoms in total. The number of ether oxygens (including phenoxy) is 1. The summed E-state index contributed by atoms with van der Waals surface area (Å²) in [6.45, 7) is 13.9. The van der Waals surface area contributed by atoms with Gasteiger partial charge >= 0.3 is 0 Å². The minimum atomic E-state index is 0.0264. The first kappa shape index (κ1) is 15.1. The number of benzene rings is 1. The minimum Gasteiger partial charge on any atom is -0.492 e. The van der Waals surface area contributed by atoms with Crippen molar-refractivity contribution < 1.29 is 4.74 Å². The molecule has 1 aromatic carbocycles. The van der Waals surface area contributed by atoms with Crippen molar-refractivity contribution in [3.05, 3.63) is 35.3 Å². The van der Waals surface area contributed by atoms with E-state index in [0.29, 0.717) is 6.61 Å². The van der Waals surface area contributed by atoms with E-state index in [1.165, 1.54) is 5.56 Å². The van der Waals surface area contributed by atoms with Crippen LogP contribution in [0.4, 0.5) is 0 Å². The molecule has 0 aliphatic carbocycles. The van der Waals surface area contributed by atoms with Gasteiger partial charge in [0, 0.05) is 17.4 Å². The van der Waals surface area contributed by atoms with Gasteiger partial charge in [-0.2, -0.15) is 0 Å². The number of imidazole rings is 1. The van der Waals surface area contributed by atoms with Gasteiger partial charge in [0.25, 0.3) is 0 Å². The number of H-pyrrole nitrogens is 1. The van der Waals surface area contributed by atoms with Crippen LogP contribution in [0.2, 0.25) is 0 Å². The Morgan fingerprint density at radius 3 is 2.41 bits per heavy atom. The van der Waals surface area contributed by atoms with Crippen molar-refractivity contribution in [3.63, 3.8) is 0 Å². The van der Waals surface area contributed by atoms with Gasteiger partial charge in [0.05, 0.1) is 18.0 Å². The van der Waals surface area contributed by atoms with Crippen molar-refractivity contribution in [2.24, 2.45) is 0 Å². The zero-order chi connectivity index (χ0) is 16.1. The van der Waals surface area contributed by atoms with Gasteiger partial charge < -0.3 is 9.72 Å². The Labute approximate surface area is 133 Å². The first-order chi connectivity index (χ1) is 10.2. The third-order valence-electron chi connectivity index (χ3n) is 4.20. The highest BCUT2D eigenvalue weighted by Gasteiger charge is 2.25. The Morgan fingerprint density at radius 1 is 1.05 bits per heavy atom. The maximum Gasteiger partial charge on any atom is 0.128 e. The average molecular weight is 298 g/mol. The molecule has 118 valence electrons. The van der Waals surface area contributed by atoms with Crippen LogP contribution in [0.3, 0.4) is 0 Å². The number of aromatic amines is 1. The Morgan fingerprint density at radius 2 is 1.77 bits per heavy atom. The van der Waals surface area contributed by atoms with E-state index < -0.39 is 0 Å². The molecule has 22 heavy (non-hydrogen) atoms. The van der Waals surface area contributed by atoms with Crippen LogP contribution in [0.15, 0.2) is 18.2 Å². The third-order valence-corrected chi connectivity index (χ3v) is 4.20. The lowest BCUT2D eigenvalue weighted by Gasteiger charge is -2.21. The lowest BCUT2D eigenvalue weighted by Crippen LogP contribution is -2.14.